The zero-order valence-electron chi connectivity index (χ0n) is 13.8. The van der Waals surface area contributed by atoms with Gasteiger partial charge in [-0.1, -0.05) is 30.0 Å². The van der Waals surface area contributed by atoms with Gasteiger partial charge in [0.1, 0.15) is 17.4 Å². The monoisotopic (exact) mass is 368 g/mol. The van der Waals surface area contributed by atoms with Gasteiger partial charge in [-0.05, 0) is 59.7 Å². The molecule has 0 aliphatic carbocycles. The van der Waals surface area contributed by atoms with Gasteiger partial charge in [-0.25, -0.2) is 8.78 Å². The number of benzene rings is 3. The van der Waals surface area contributed by atoms with E-state index in [2.05, 4.69) is 11.8 Å². The summed E-state index contributed by atoms with van der Waals surface area (Å²) in [5.74, 6) is 4.92. The summed E-state index contributed by atoms with van der Waals surface area (Å²) in [7, 11) is 0. The van der Waals surface area contributed by atoms with Gasteiger partial charge in [0.05, 0.1) is 5.56 Å². The molecular weight excluding hydrogens is 356 g/mol. The predicted octanol–water partition coefficient (Wildman–Crippen LogP) is 6.15. The molecule has 0 radical (unpaired) electrons. The van der Waals surface area contributed by atoms with Crippen LogP contribution in [0.15, 0.2) is 79.1 Å². The minimum absolute atomic E-state index is 0.212. The van der Waals surface area contributed by atoms with E-state index in [-0.39, 0.29) is 17.1 Å². The summed E-state index contributed by atoms with van der Waals surface area (Å²) in [5, 5.41) is 0. The summed E-state index contributed by atoms with van der Waals surface area (Å²) >= 11 is 0. The van der Waals surface area contributed by atoms with Crippen molar-refractivity contribution in [1.29, 1.82) is 0 Å². The molecule has 3 aromatic carbocycles. The highest BCUT2D eigenvalue weighted by Crippen LogP contribution is 2.22. The second-order valence-corrected chi connectivity index (χ2v) is 5.50. The summed E-state index contributed by atoms with van der Waals surface area (Å²) in [5.41, 5.74) is 2.11. The third-order valence-electron chi connectivity index (χ3n) is 3.63. The number of hydrogen-bond donors (Lipinski definition) is 0. The molecule has 0 aliphatic rings. The second-order valence-electron chi connectivity index (χ2n) is 5.50. The van der Waals surface area contributed by atoms with Crippen LogP contribution in [0.1, 0.15) is 11.1 Å². The topological polar surface area (TPSA) is 9.23 Å². The zero-order chi connectivity index (χ0) is 19.2. The first-order valence-electron chi connectivity index (χ1n) is 7.87. The lowest BCUT2D eigenvalue weighted by Crippen LogP contribution is -1.87. The van der Waals surface area contributed by atoms with Crippen LogP contribution in [-0.2, 0) is 0 Å². The van der Waals surface area contributed by atoms with Gasteiger partial charge in [-0.15, -0.1) is 0 Å². The minimum atomic E-state index is -1.93. The average molecular weight is 368 g/mol. The number of hydrogen-bond acceptors (Lipinski definition) is 1. The molecule has 134 valence electrons. The normalized spacial score (nSPS) is 9.93. The molecule has 0 bridgehead atoms. The van der Waals surface area contributed by atoms with Gasteiger partial charge in [-0.3, -0.25) is 0 Å². The summed E-state index contributed by atoms with van der Waals surface area (Å²) in [4.78, 5) is 0. The van der Waals surface area contributed by atoms with Crippen LogP contribution >= 0.6 is 0 Å². The summed E-state index contributed by atoms with van der Waals surface area (Å²) in [6.45, 7) is 0. The largest absolute Gasteiger partial charge is 0.459 e. The molecule has 0 unspecified atom stereocenters. The first-order valence-corrected chi connectivity index (χ1v) is 7.87. The Labute approximate surface area is 153 Å². The highest BCUT2D eigenvalue weighted by Gasteiger charge is 2.04. The van der Waals surface area contributed by atoms with Crippen LogP contribution in [0.4, 0.5) is 17.6 Å². The lowest BCUT2D eigenvalue weighted by Gasteiger charge is -2.03. The van der Waals surface area contributed by atoms with Crippen LogP contribution in [0.5, 0.6) is 5.75 Å². The van der Waals surface area contributed by atoms with Crippen molar-refractivity contribution < 1.29 is 22.3 Å². The Morgan fingerprint density at radius 3 is 2.07 bits per heavy atom. The molecule has 1 nitrogen and oxygen atoms in total. The first-order chi connectivity index (χ1) is 13.0. The van der Waals surface area contributed by atoms with E-state index in [1.54, 1.807) is 36.4 Å². The Morgan fingerprint density at radius 2 is 1.44 bits per heavy atom. The zero-order valence-corrected chi connectivity index (χ0v) is 13.8. The van der Waals surface area contributed by atoms with Crippen molar-refractivity contribution in [2.75, 3.05) is 0 Å². The van der Waals surface area contributed by atoms with Crippen molar-refractivity contribution in [3.05, 3.63) is 102 Å². The van der Waals surface area contributed by atoms with Crippen molar-refractivity contribution in [3.63, 3.8) is 0 Å². The molecule has 0 N–H and O–H groups in total. The Morgan fingerprint density at radius 1 is 0.778 bits per heavy atom. The molecule has 0 saturated carbocycles. The highest BCUT2D eigenvalue weighted by molar-refractivity contribution is 5.64. The summed E-state index contributed by atoms with van der Waals surface area (Å²) in [6.07, 6.45) is -1.59. The van der Waals surface area contributed by atoms with E-state index in [9.17, 15) is 17.6 Å². The molecule has 0 aromatic heterocycles. The van der Waals surface area contributed by atoms with Crippen LogP contribution in [0.25, 0.3) is 11.1 Å². The lowest BCUT2D eigenvalue weighted by molar-refractivity contribution is 0.365. The molecular formula is C22H12F4O. The molecule has 0 spiro atoms. The van der Waals surface area contributed by atoms with Gasteiger partial charge >= 0.3 is 6.08 Å². The van der Waals surface area contributed by atoms with Crippen molar-refractivity contribution in [1.82, 2.24) is 0 Å². The van der Waals surface area contributed by atoms with Crippen LogP contribution in [-0.4, -0.2) is 0 Å². The lowest BCUT2D eigenvalue weighted by atomic mass is 10.0. The van der Waals surface area contributed by atoms with E-state index in [0.29, 0.717) is 23.0 Å². The SMILES string of the molecule is FC(F)=COc1ccc(C#Cc2ccc(-c3ccc(F)cc3)cc2F)cc1. The van der Waals surface area contributed by atoms with Crippen molar-refractivity contribution in [2.24, 2.45) is 0 Å². The summed E-state index contributed by atoms with van der Waals surface area (Å²) in [6, 6.07) is 16.5. The van der Waals surface area contributed by atoms with Gasteiger partial charge in [0.2, 0.25) is 0 Å². The maximum absolute atomic E-state index is 14.3. The number of ether oxygens (including phenoxy) is 1. The third kappa shape index (κ3) is 4.99. The standard InChI is InChI=1S/C22H12F4O/c23-19-9-7-16(8-10-19)18-6-5-17(21(24)13-18)4-1-15-2-11-20(12-3-15)27-14-22(25)26/h2-3,5-14H. The third-order valence-corrected chi connectivity index (χ3v) is 3.63. The molecule has 0 amide bonds. The fraction of sp³-hybridized carbons (Fsp3) is 0. The Kier molecular flexibility index (Phi) is 5.58. The van der Waals surface area contributed by atoms with Crippen LogP contribution in [0.3, 0.4) is 0 Å². The minimum Gasteiger partial charge on any atom is -0.459 e. The molecule has 0 heterocycles. The predicted molar refractivity (Wildman–Crippen MR) is 95.1 cm³/mol. The smallest absolute Gasteiger partial charge is 0.305 e. The van der Waals surface area contributed by atoms with E-state index >= 15 is 0 Å². The van der Waals surface area contributed by atoms with Crippen molar-refractivity contribution in [2.45, 2.75) is 0 Å². The maximum atomic E-state index is 14.3. The molecule has 5 heteroatoms. The number of rotatable bonds is 3. The van der Waals surface area contributed by atoms with Crippen LogP contribution < -0.4 is 4.74 Å². The number of halogens is 4. The van der Waals surface area contributed by atoms with Crippen molar-refractivity contribution in [3.8, 4) is 28.7 Å². The van der Waals surface area contributed by atoms with Gasteiger partial charge in [0.25, 0.3) is 0 Å². The molecule has 0 atom stereocenters. The van der Waals surface area contributed by atoms with Crippen molar-refractivity contribution >= 4 is 0 Å². The van der Waals surface area contributed by atoms with Gasteiger partial charge in [0.15, 0.2) is 6.26 Å². The van der Waals surface area contributed by atoms with Crippen LogP contribution in [0, 0.1) is 23.5 Å². The van der Waals surface area contributed by atoms with Gasteiger partial charge < -0.3 is 4.74 Å². The van der Waals surface area contributed by atoms with Gasteiger partial charge in [-0.2, -0.15) is 8.78 Å². The van der Waals surface area contributed by atoms with E-state index in [4.69, 9.17) is 4.74 Å². The average Bonchev–Trinajstić information content (AvgIpc) is 2.67. The van der Waals surface area contributed by atoms with E-state index in [0.717, 1.165) is 0 Å². The Balaban J connectivity index is 1.76. The fourth-order valence-electron chi connectivity index (χ4n) is 2.31. The molecule has 0 fully saturated rings. The first kappa shape index (κ1) is 18.3. The Bertz CT molecular complexity index is 1020. The molecule has 0 aliphatic heterocycles. The molecule has 0 saturated heterocycles. The molecule has 27 heavy (non-hydrogen) atoms. The maximum Gasteiger partial charge on any atom is 0.305 e. The fourth-order valence-corrected chi connectivity index (χ4v) is 2.31. The molecule has 3 aromatic rings. The van der Waals surface area contributed by atoms with Gasteiger partial charge in [0, 0.05) is 5.56 Å². The van der Waals surface area contributed by atoms with E-state index < -0.39 is 11.9 Å². The Hall–Kier alpha value is -3.52. The van der Waals surface area contributed by atoms with E-state index in [1.165, 1.54) is 30.3 Å². The highest BCUT2D eigenvalue weighted by atomic mass is 19.3. The summed E-state index contributed by atoms with van der Waals surface area (Å²) < 4.78 is 55.9. The second kappa shape index (κ2) is 8.24. The van der Waals surface area contributed by atoms with E-state index in [1.807, 2.05) is 0 Å². The van der Waals surface area contributed by atoms with Crippen LogP contribution in [0.2, 0.25) is 0 Å². The quantitative estimate of drug-likeness (QED) is 0.306. The molecule has 3 rings (SSSR count).